The van der Waals surface area contributed by atoms with E-state index in [1.807, 2.05) is 36.7 Å². The van der Waals surface area contributed by atoms with Crippen molar-refractivity contribution in [2.75, 3.05) is 0 Å². The van der Waals surface area contributed by atoms with Crippen molar-refractivity contribution in [2.45, 2.75) is 26.9 Å². The Morgan fingerprint density at radius 2 is 2.13 bits per heavy atom. The van der Waals surface area contributed by atoms with Gasteiger partial charge in [-0.3, -0.25) is 0 Å². The number of nitrogens with zero attached hydrogens (tertiary/aromatic N) is 3. The minimum Gasteiger partial charge on any atom is -0.459 e. The second kappa shape index (κ2) is 6.93. The lowest BCUT2D eigenvalue weighted by atomic mass is 10.4. The van der Waals surface area contributed by atoms with Gasteiger partial charge in [0.15, 0.2) is 17.4 Å². The number of oxime groups is 1. The van der Waals surface area contributed by atoms with E-state index in [-0.39, 0.29) is 6.61 Å². The number of furan rings is 1. The molecule has 3 aromatic rings. The third-order valence-electron chi connectivity index (χ3n) is 2.90. The second-order valence-corrected chi connectivity index (χ2v) is 6.77. The monoisotopic (exact) mass is 348 g/mol. The molecule has 0 aliphatic rings. The summed E-state index contributed by atoms with van der Waals surface area (Å²) in [7, 11) is 0. The van der Waals surface area contributed by atoms with Crippen molar-refractivity contribution in [1.82, 2.24) is 9.97 Å². The molecule has 0 saturated carbocycles. The molecule has 8 heteroatoms. The Morgan fingerprint density at radius 1 is 1.26 bits per heavy atom. The summed E-state index contributed by atoms with van der Waals surface area (Å²) in [6.07, 6.45) is 0.493. The number of thiazole rings is 2. The van der Waals surface area contributed by atoms with Gasteiger partial charge in [0.1, 0.15) is 16.6 Å². The molecule has 120 valence electrons. The third-order valence-corrected chi connectivity index (χ3v) is 4.77. The first kappa shape index (κ1) is 15.7. The largest absolute Gasteiger partial charge is 0.459 e. The molecule has 0 aliphatic heterocycles. The molecule has 0 aliphatic carbocycles. The average Bonchev–Trinajstić information content (AvgIpc) is 3.21. The van der Waals surface area contributed by atoms with E-state index in [9.17, 15) is 0 Å². The smallest absolute Gasteiger partial charge is 0.162 e. The fraction of sp³-hybridized carbons (Fsp3) is 0.267. The lowest BCUT2D eigenvalue weighted by molar-refractivity contribution is 0.127. The van der Waals surface area contributed by atoms with Crippen molar-refractivity contribution in [3.05, 3.63) is 45.0 Å². The van der Waals surface area contributed by atoms with Gasteiger partial charge in [-0.05, 0) is 26.0 Å². The molecule has 3 aromatic heterocycles. The Hall–Kier alpha value is -2.19. The third kappa shape index (κ3) is 4.17. The van der Waals surface area contributed by atoms with Crippen LogP contribution in [0.5, 0.6) is 0 Å². The van der Waals surface area contributed by atoms with Crippen molar-refractivity contribution in [3.63, 3.8) is 0 Å². The highest BCUT2D eigenvalue weighted by atomic mass is 32.1. The molecule has 6 nitrogen and oxygen atoms in total. The number of hydrogen-bond acceptors (Lipinski definition) is 7. The number of hydrogen-bond donors (Lipinski definition) is 1. The maximum absolute atomic E-state index is 5.84. The normalized spacial score (nSPS) is 11.8. The van der Waals surface area contributed by atoms with Crippen LogP contribution in [0.25, 0.3) is 10.8 Å². The van der Waals surface area contributed by atoms with Gasteiger partial charge in [0, 0.05) is 16.5 Å². The number of rotatable bonds is 6. The molecule has 23 heavy (non-hydrogen) atoms. The predicted octanol–water partition coefficient (Wildman–Crippen LogP) is 3.51. The first-order valence-electron chi connectivity index (χ1n) is 6.96. The maximum Gasteiger partial charge on any atom is 0.162 e. The van der Waals surface area contributed by atoms with Gasteiger partial charge in [-0.25, -0.2) is 9.97 Å². The number of aryl methyl sites for hydroxylation is 2. The molecule has 0 aromatic carbocycles. The highest BCUT2D eigenvalue weighted by Crippen LogP contribution is 2.25. The molecular weight excluding hydrogens is 332 g/mol. The van der Waals surface area contributed by atoms with E-state index in [4.69, 9.17) is 15.0 Å². The molecule has 0 saturated heterocycles. The van der Waals surface area contributed by atoms with Crippen molar-refractivity contribution in [1.29, 1.82) is 0 Å². The van der Waals surface area contributed by atoms with Crippen LogP contribution in [0.3, 0.4) is 0 Å². The summed E-state index contributed by atoms with van der Waals surface area (Å²) in [4.78, 5) is 14.1. The molecular formula is C15H16N4O2S2. The van der Waals surface area contributed by atoms with Crippen molar-refractivity contribution >= 4 is 28.5 Å². The highest BCUT2D eigenvalue weighted by Gasteiger charge is 2.09. The minimum absolute atomic E-state index is 0.272. The quantitative estimate of drug-likeness (QED) is 0.418. The summed E-state index contributed by atoms with van der Waals surface area (Å²) in [6.45, 7) is 4.13. The molecule has 3 rings (SSSR count). The molecule has 0 radical (unpaired) electrons. The van der Waals surface area contributed by atoms with Gasteiger partial charge in [0.25, 0.3) is 0 Å². The SMILES string of the molecule is Cc1csc(C/C(N)=N/OCc2csc(-c3ccc(C)o3)n2)n1. The van der Waals surface area contributed by atoms with Gasteiger partial charge in [0.05, 0.1) is 12.1 Å². The predicted molar refractivity (Wildman–Crippen MR) is 91.5 cm³/mol. The lowest BCUT2D eigenvalue weighted by Crippen LogP contribution is -2.15. The number of amidine groups is 1. The number of nitrogens with two attached hydrogens (primary N) is 1. The molecule has 0 amide bonds. The van der Waals surface area contributed by atoms with E-state index < -0.39 is 0 Å². The van der Waals surface area contributed by atoms with E-state index in [0.29, 0.717) is 12.3 Å². The minimum atomic E-state index is 0.272. The van der Waals surface area contributed by atoms with Gasteiger partial charge in [-0.1, -0.05) is 5.16 Å². The van der Waals surface area contributed by atoms with E-state index in [1.165, 1.54) is 11.3 Å². The first-order valence-corrected chi connectivity index (χ1v) is 8.72. The average molecular weight is 348 g/mol. The highest BCUT2D eigenvalue weighted by molar-refractivity contribution is 7.13. The Balaban J connectivity index is 1.54. The lowest BCUT2D eigenvalue weighted by Gasteiger charge is -1.99. The standard InChI is InChI=1S/C15H16N4O2S2/c1-9-7-22-14(17-9)5-13(16)19-20-6-11-8-23-15(18-11)12-4-3-10(2)21-12/h3-4,7-8H,5-6H2,1-2H3,(H2,16,19). The zero-order valence-electron chi connectivity index (χ0n) is 12.8. The summed E-state index contributed by atoms with van der Waals surface area (Å²) >= 11 is 3.07. The van der Waals surface area contributed by atoms with Gasteiger partial charge in [-0.2, -0.15) is 0 Å². The van der Waals surface area contributed by atoms with Crippen LogP contribution in [-0.2, 0) is 17.9 Å². The first-order chi connectivity index (χ1) is 11.1. The van der Waals surface area contributed by atoms with Crippen LogP contribution in [0.1, 0.15) is 22.2 Å². The van der Waals surface area contributed by atoms with Gasteiger partial charge >= 0.3 is 0 Å². The summed E-state index contributed by atoms with van der Waals surface area (Å²) in [6, 6.07) is 3.82. The van der Waals surface area contributed by atoms with Crippen LogP contribution >= 0.6 is 22.7 Å². The second-order valence-electron chi connectivity index (χ2n) is 4.97. The number of aromatic nitrogens is 2. The molecule has 0 unspecified atom stereocenters. The fourth-order valence-corrected chi connectivity index (χ4v) is 3.44. The van der Waals surface area contributed by atoms with Crippen LogP contribution in [0.4, 0.5) is 0 Å². The zero-order valence-corrected chi connectivity index (χ0v) is 14.4. The maximum atomic E-state index is 5.84. The van der Waals surface area contributed by atoms with Crippen LogP contribution in [0.2, 0.25) is 0 Å². The van der Waals surface area contributed by atoms with Crippen molar-refractivity contribution < 1.29 is 9.25 Å². The summed E-state index contributed by atoms with van der Waals surface area (Å²) < 4.78 is 5.55. The Bertz CT molecular complexity index is 819. The Morgan fingerprint density at radius 3 is 2.83 bits per heavy atom. The van der Waals surface area contributed by atoms with Gasteiger partial charge in [-0.15, -0.1) is 22.7 Å². The molecule has 0 atom stereocenters. The Kier molecular flexibility index (Phi) is 4.73. The molecule has 2 N–H and O–H groups in total. The van der Waals surface area contributed by atoms with Crippen LogP contribution in [0.15, 0.2) is 32.5 Å². The summed E-state index contributed by atoms with van der Waals surface area (Å²) in [5.41, 5.74) is 7.62. The van der Waals surface area contributed by atoms with Crippen molar-refractivity contribution in [3.8, 4) is 10.8 Å². The van der Waals surface area contributed by atoms with Gasteiger partial charge in [0.2, 0.25) is 0 Å². The van der Waals surface area contributed by atoms with Crippen LogP contribution in [0, 0.1) is 13.8 Å². The van der Waals surface area contributed by atoms with Crippen LogP contribution < -0.4 is 5.73 Å². The summed E-state index contributed by atoms with van der Waals surface area (Å²) in [5.74, 6) is 2.03. The van der Waals surface area contributed by atoms with E-state index in [1.54, 1.807) is 11.3 Å². The Labute approximate surface area is 141 Å². The molecule has 0 spiro atoms. The van der Waals surface area contributed by atoms with E-state index in [2.05, 4.69) is 15.1 Å². The fourth-order valence-electron chi connectivity index (χ4n) is 1.89. The van der Waals surface area contributed by atoms with Gasteiger partial charge < -0.3 is 15.0 Å². The van der Waals surface area contributed by atoms with E-state index in [0.717, 1.165) is 32.9 Å². The molecule has 3 heterocycles. The summed E-state index contributed by atoms with van der Waals surface area (Å²) in [5, 5.41) is 9.57. The topological polar surface area (TPSA) is 86.5 Å². The molecule has 0 bridgehead atoms. The molecule has 0 fully saturated rings. The van der Waals surface area contributed by atoms with E-state index >= 15 is 0 Å². The zero-order chi connectivity index (χ0) is 16.2. The van der Waals surface area contributed by atoms with Crippen molar-refractivity contribution in [2.24, 2.45) is 10.9 Å². The van der Waals surface area contributed by atoms with Crippen LogP contribution in [-0.4, -0.2) is 15.8 Å².